The molecule has 78 valence electrons. The van der Waals surface area contributed by atoms with E-state index >= 15 is 0 Å². The number of hydrogen-bond acceptors (Lipinski definition) is 4. The molecule has 6 heteroatoms. The van der Waals surface area contributed by atoms with Gasteiger partial charge < -0.3 is 4.74 Å². The monoisotopic (exact) mass is 289 g/mol. The number of benzene rings is 1. The van der Waals surface area contributed by atoms with Crippen molar-refractivity contribution in [2.75, 3.05) is 0 Å². The van der Waals surface area contributed by atoms with E-state index in [-0.39, 0.29) is 6.61 Å². The molecule has 2 aromatic rings. The molecule has 0 saturated heterocycles. The van der Waals surface area contributed by atoms with Gasteiger partial charge >= 0.3 is 0 Å². The Balaban J connectivity index is 2.46. The number of rotatable bonds is 3. The number of nitrogens with zero attached hydrogens (tertiary/aromatic N) is 1. The Morgan fingerprint density at radius 2 is 2.40 bits per heavy atom. The van der Waals surface area contributed by atoms with Crippen LogP contribution in [0.15, 0.2) is 16.0 Å². The number of aromatic nitrogens is 1. The highest BCUT2D eigenvalue weighted by atomic mass is 79.9. The Hall–Kier alpha value is -1.01. The Kier molecular flexibility index (Phi) is 2.97. The van der Waals surface area contributed by atoms with Gasteiger partial charge in [0.25, 0.3) is 6.47 Å². The van der Waals surface area contributed by atoms with Crippen LogP contribution in [0, 0.1) is 5.82 Å². The smallest absolute Gasteiger partial charge is 0.293 e. The first-order valence-corrected chi connectivity index (χ1v) is 5.61. The topological polar surface area (TPSA) is 39.2 Å². The number of carbonyl (C=O) groups excluding carboxylic acids is 1. The second kappa shape index (κ2) is 4.24. The van der Waals surface area contributed by atoms with Gasteiger partial charge in [0.2, 0.25) is 0 Å². The maximum Gasteiger partial charge on any atom is 0.293 e. The van der Waals surface area contributed by atoms with Gasteiger partial charge in [-0.05, 0) is 33.6 Å². The molecule has 0 fully saturated rings. The Bertz CT molecular complexity index is 514. The summed E-state index contributed by atoms with van der Waals surface area (Å²) in [5.74, 6) is -0.404. The molecule has 0 unspecified atom stereocenters. The number of hydrogen-bond donors (Lipinski definition) is 0. The van der Waals surface area contributed by atoms with E-state index in [2.05, 4.69) is 25.7 Å². The highest BCUT2D eigenvalue weighted by molar-refractivity contribution is 9.11. The summed E-state index contributed by atoms with van der Waals surface area (Å²) in [4.78, 5) is 14.0. The van der Waals surface area contributed by atoms with Crippen molar-refractivity contribution in [1.29, 1.82) is 0 Å². The highest BCUT2D eigenvalue weighted by Gasteiger charge is 2.09. The zero-order valence-electron chi connectivity index (χ0n) is 7.37. The average Bonchev–Trinajstić information content (AvgIpc) is 2.56. The third-order valence-corrected chi connectivity index (χ3v) is 3.25. The predicted molar refractivity (Wildman–Crippen MR) is 58.1 cm³/mol. The molecule has 15 heavy (non-hydrogen) atoms. The minimum absolute atomic E-state index is 0.0753. The van der Waals surface area contributed by atoms with Crippen molar-refractivity contribution in [2.45, 2.75) is 6.61 Å². The van der Waals surface area contributed by atoms with Gasteiger partial charge in [-0.25, -0.2) is 9.37 Å². The van der Waals surface area contributed by atoms with Crippen molar-refractivity contribution in [3.05, 3.63) is 27.4 Å². The molecule has 3 nitrogen and oxygen atoms in total. The second-order valence-corrected chi connectivity index (χ2v) is 5.11. The molecule has 0 aliphatic rings. The van der Waals surface area contributed by atoms with Crippen molar-refractivity contribution < 1.29 is 13.9 Å². The fourth-order valence-corrected chi connectivity index (χ4v) is 2.70. The summed E-state index contributed by atoms with van der Waals surface area (Å²) in [5.41, 5.74) is 0.949. The molecule has 0 saturated carbocycles. The summed E-state index contributed by atoms with van der Waals surface area (Å²) in [5, 5.41) is 0. The predicted octanol–water partition coefficient (Wildman–Crippen LogP) is 2.87. The molecule has 0 aliphatic carbocycles. The van der Waals surface area contributed by atoms with E-state index in [9.17, 15) is 9.18 Å². The van der Waals surface area contributed by atoms with Gasteiger partial charge in [-0.1, -0.05) is 0 Å². The fraction of sp³-hybridized carbons (Fsp3) is 0.111. The lowest BCUT2D eigenvalue weighted by atomic mass is 10.2. The van der Waals surface area contributed by atoms with E-state index in [1.807, 2.05) is 0 Å². The first kappa shape index (κ1) is 10.5. The molecule has 0 amide bonds. The normalized spacial score (nSPS) is 10.5. The lowest BCUT2D eigenvalue weighted by Gasteiger charge is -1.99. The van der Waals surface area contributed by atoms with Gasteiger partial charge in [-0.2, -0.15) is 0 Å². The van der Waals surface area contributed by atoms with Crippen LogP contribution in [0.4, 0.5) is 4.39 Å². The maximum absolute atomic E-state index is 13.5. The van der Waals surface area contributed by atoms with Crippen LogP contribution < -0.4 is 0 Å². The molecular formula is C9H5BrFNO2S. The van der Waals surface area contributed by atoms with Crippen LogP contribution in [0.25, 0.3) is 10.2 Å². The van der Waals surface area contributed by atoms with E-state index in [0.29, 0.717) is 21.5 Å². The molecule has 1 aromatic carbocycles. The molecule has 0 radical (unpaired) electrons. The number of fused-ring (bicyclic) bond motifs is 1. The Morgan fingerprint density at radius 3 is 3.13 bits per heavy atom. The second-order valence-electron chi connectivity index (χ2n) is 2.80. The molecular weight excluding hydrogens is 285 g/mol. The molecule has 0 aliphatic heterocycles. The molecule has 0 atom stereocenters. The third-order valence-electron chi connectivity index (χ3n) is 1.80. The van der Waals surface area contributed by atoms with Crippen LogP contribution in [0.5, 0.6) is 0 Å². The molecule has 0 bridgehead atoms. The van der Waals surface area contributed by atoms with Crippen LogP contribution in [0.2, 0.25) is 0 Å². The summed E-state index contributed by atoms with van der Waals surface area (Å²) in [6, 6.07) is 3.07. The van der Waals surface area contributed by atoms with Crippen LogP contribution in [0.1, 0.15) is 5.56 Å². The number of halogens is 2. The molecule has 0 N–H and O–H groups in total. The van der Waals surface area contributed by atoms with Gasteiger partial charge in [-0.15, -0.1) is 11.3 Å². The first-order valence-electron chi connectivity index (χ1n) is 4.00. The summed E-state index contributed by atoms with van der Waals surface area (Å²) >= 11 is 4.52. The zero-order valence-corrected chi connectivity index (χ0v) is 9.77. The zero-order chi connectivity index (χ0) is 10.8. The summed E-state index contributed by atoms with van der Waals surface area (Å²) in [7, 11) is 0. The standard InChI is InChI=1S/C9H5BrFNO2S/c10-9-12-8-6(11)1-5(3-14-4-13)2-7(8)15-9/h1-2,4H,3H2. The molecule has 2 rings (SSSR count). The minimum Gasteiger partial charge on any atom is -0.463 e. The van der Waals surface area contributed by atoms with Crippen molar-refractivity contribution in [3.63, 3.8) is 0 Å². The van der Waals surface area contributed by atoms with Crippen LogP contribution >= 0.6 is 27.3 Å². The summed E-state index contributed by atoms with van der Waals surface area (Å²) < 4.78 is 19.4. The van der Waals surface area contributed by atoms with E-state index < -0.39 is 5.82 Å². The van der Waals surface area contributed by atoms with E-state index in [4.69, 9.17) is 0 Å². The van der Waals surface area contributed by atoms with Crippen LogP contribution in [0.3, 0.4) is 0 Å². The van der Waals surface area contributed by atoms with Crippen molar-refractivity contribution in [2.24, 2.45) is 0 Å². The Labute approximate surface area is 97.0 Å². The molecule has 0 spiro atoms. The highest BCUT2D eigenvalue weighted by Crippen LogP contribution is 2.29. The van der Waals surface area contributed by atoms with Gasteiger partial charge in [0, 0.05) is 0 Å². The van der Waals surface area contributed by atoms with Gasteiger partial charge in [-0.3, -0.25) is 4.79 Å². The van der Waals surface area contributed by atoms with Crippen molar-refractivity contribution in [3.8, 4) is 0 Å². The molecule has 1 heterocycles. The molecule has 1 aromatic heterocycles. The number of ether oxygens (including phenoxy) is 1. The largest absolute Gasteiger partial charge is 0.463 e. The maximum atomic E-state index is 13.5. The van der Waals surface area contributed by atoms with Gasteiger partial charge in [0.05, 0.1) is 4.70 Å². The van der Waals surface area contributed by atoms with Gasteiger partial charge in [0.15, 0.2) is 9.73 Å². The lowest BCUT2D eigenvalue weighted by molar-refractivity contribution is -0.129. The summed E-state index contributed by atoms with van der Waals surface area (Å²) in [6.07, 6.45) is 0. The lowest BCUT2D eigenvalue weighted by Crippen LogP contribution is -1.91. The van der Waals surface area contributed by atoms with Gasteiger partial charge in [0.1, 0.15) is 12.1 Å². The van der Waals surface area contributed by atoms with E-state index in [1.54, 1.807) is 6.07 Å². The number of carbonyl (C=O) groups is 1. The summed E-state index contributed by atoms with van der Waals surface area (Å²) in [6.45, 7) is 0.413. The Morgan fingerprint density at radius 1 is 1.60 bits per heavy atom. The van der Waals surface area contributed by atoms with E-state index in [0.717, 1.165) is 4.70 Å². The SMILES string of the molecule is O=COCc1cc(F)c2nc(Br)sc2c1. The van der Waals surface area contributed by atoms with Crippen molar-refractivity contribution >= 4 is 44.0 Å². The minimum atomic E-state index is -0.404. The van der Waals surface area contributed by atoms with Crippen LogP contribution in [-0.4, -0.2) is 11.5 Å². The average molecular weight is 290 g/mol. The third kappa shape index (κ3) is 2.15. The first-order chi connectivity index (χ1) is 7.20. The quantitative estimate of drug-likeness (QED) is 0.816. The van der Waals surface area contributed by atoms with Crippen LogP contribution in [-0.2, 0) is 16.1 Å². The van der Waals surface area contributed by atoms with Crippen molar-refractivity contribution in [1.82, 2.24) is 4.98 Å². The number of thiazole rings is 1. The van der Waals surface area contributed by atoms with E-state index in [1.165, 1.54) is 17.4 Å². The fourth-order valence-electron chi connectivity index (χ4n) is 1.23.